The lowest BCUT2D eigenvalue weighted by molar-refractivity contribution is -0.0437. The molecular formula is C21H21F2N5O3. The number of ether oxygens (including phenoxy) is 1. The zero-order valence-corrected chi connectivity index (χ0v) is 16.7. The fourth-order valence-corrected chi connectivity index (χ4v) is 3.45. The molecule has 31 heavy (non-hydrogen) atoms. The second kappa shape index (κ2) is 8.03. The lowest BCUT2D eigenvalue weighted by atomic mass is 9.99. The zero-order valence-electron chi connectivity index (χ0n) is 19.7. The zero-order chi connectivity index (χ0) is 24.8. The van der Waals surface area contributed by atoms with E-state index in [9.17, 15) is 18.4 Å². The van der Waals surface area contributed by atoms with Gasteiger partial charge in [0.05, 0.1) is 5.52 Å². The Hall–Kier alpha value is -3.40. The Labute approximate surface area is 180 Å². The number of nitrogens with one attached hydrogen (secondary N) is 2. The number of halogens is 2. The summed E-state index contributed by atoms with van der Waals surface area (Å²) in [4.78, 5) is 35.6. The number of nitrogens with zero attached hydrogens (tertiary/aromatic N) is 3. The smallest absolute Gasteiger partial charge is 0.269 e. The molecular weight excluding hydrogens is 408 g/mol. The molecule has 1 amide bonds. The molecule has 0 spiro atoms. The predicted octanol–water partition coefficient (Wildman–Crippen LogP) is 1.92. The molecule has 162 valence electrons. The van der Waals surface area contributed by atoms with Crippen molar-refractivity contribution >= 4 is 16.9 Å². The number of rotatable bonds is 5. The highest BCUT2D eigenvalue weighted by atomic mass is 19.1. The Balaban J connectivity index is 1.41. The molecule has 2 N–H and O–H groups in total. The van der Waals surface area contributed by atoms with Crippen LogP contribution in [0.15, 0.2) is 29.1 Å². The molecule has 0 saturated carbocycles. The summed E-state index contributed by atoms with van der Waals surface area (Å²) < 4.78 is 56.0. The minimum atomic E-state index is -2.72. The number of aryl methyl sites for hydroxylation is 1. The van der Waals surface area contributed by atoms with Crippen LogP contribution in [0.3, 0.4) is 0 Å². The summed E-state index contributed by atoms with van der Waals surface area (Å²) in [6.07, 6.45) is -0.411. The van der Waals surface area contributed by atoms with Gasteiger partial charge in [0.1, 0.15) is 23.0 Å². The van der Waals surface area contributed by atoms with Crippen molar-refractivity contribution in [3.8, 4) is 5.75 Å². The maximum atomic E-state index is 14.9. The van der Waals surface area contributed by atoms with Gasteiger partial charge in [0.15, 0.2) is 11.6 Å². The molecule has 8 nitrogen and oxygen atoms in total. The van der Waals surface area contributed by atoms with Gasteiger partial charge in [-0.2, -0.15) is 4.39 Å². The number of hydrogen-bond acceptors (Lipinski definition) is 6. The third-order valence-corrected chi connectivity index (χ3v) is 5.40. The number of carbonyl (C=O) groups excluding carboxylic acids is 1. The second-order valence-electron chi connectivity index (χ2n) is 7.35. The molecule has 3 aromatic rings. The van der Waals surface area contributed by atoms with E-state index in [1.807, 2.05) is 11.8 Å². The SMILES string of the molecule is [2H]C([2H])([2H])NC(=O)c1ccc(O[C@H]2CN(Cc3ccc4nc(C)c(=O)[nH]c4c3F)[C@@H]2C)c(F)n1. The summed E-state index contributed by atoms with van der Waals surface area (Å²) in [6.45, 7) is 1.29. The Morgan fingerprint density at radius 1 is 1.35 bits per heavy atom. The van der Waals surface area contributed by atoms with Gasteiger partial charge in [-0.05, 0) is 32.0 Å². The number of hydrogen-bond donors (Lipinski definition) is 2. The molecule has 1 aromatic carbocycles. The minimum Gasteiger partial charge on any atom is -0.483 e. The Kier molecular flexibility index (Phi) is 4.48. The summed E-state index contributed by atoms with van der Waals surface area (Å²) in [7, 11) is 0. The van der Waals surface area contributed by atoms with E-state index in [0.717, 1.165) is 0 Å². The Bertz CT molecular complexity index is 1330. The van der Waals surface area contributed by atoms with Crippen molar-refractivity contribution in [3.05, 3.63) is 63.3 Å². The highest BCUT2D eigenvalue weighted by molar-refractivity contribution is 5.92. The largest absolute Gasteiger partial charge is 0.483 e. The average molecular weight is 432 g/mol. The third-order valence-electron chi connectivity index (χ3n) is 5.40. The van der Waals surface area contributed by atoms with E-state index in [2.05, 4.69) is 15.0 Å². The molecule has 10 heteroatoms. The minimum absolute atomic E-state index is 0.0461. The van der Waals surface area contributed by atoms with Crippen molar-refractivity contribution < 1.29 is 22.4 Å². The van der Waals surface area contributed by atoms with Crippen LogP contribution in [-0.4, -0.2) is 51.4 Å². The first-order chi connectivity index (χ1) is 15.9. The van der Waals surface area contributed by atoms with Crippen LogP contribution in [0, 0.1) is 18.7 Å². The summed E-state index contributed by atoms with van der Waals surface area (Å²) in [6, 6.07) is 5.43. The number of likely N-dealkylation sites (tertiary alicyclic amines) is 1. The number of aromatic nitrogens is 3. The van der Waals surface area contributed by atoms with E-state index in [4.69, 9.17) is 8.85 Å². The second-order valence-corrected chi connectivity index (χ2v) is 7.35. The number of benzene rings is 1. The van der Waals surface area contributed by atoms with Gasteiger partial charge in [0.25, 0.3) is 17.4 Å². The molecule has 3 heterocycles. The molecule has 4 rings (SSSR count). The van der Waals surface area contributed by atoms with Gasteiger partial charge in [-0.25, -0.2) is 14.4 Å². The van der Waals surface area contributed by atoms with Crippen LogP contribution in [0.1, 0.15) is 32.8 Å². The van der Waals surface area contributed by atoms with Crippen LogP contribution in [-0.2, 0) is 6.54 Å². The van der Waals surface area contributed by atoms with Crippen molar-refractivity contribution in [2.45, 2.75) is 32.5 Å². The molecule has 2 aromatic heterocycles. The molecule has 1 saturated heterocycles. The fourth-order valence-electron chi connectivity index (χ4n) is 3.45. The van der Waals surface area contributed by atoms with E-state index in [0.29, 0.717) is 17.6 Å². The maximum absolute atomic E-state index is 14.9. The topological polar surface area (TPSA) is 100 Å². The van der Waals surface area contributed by atoms with Gasteiger partial charge in [-0.1, -0.05) is 6.07 Å². The molecule has 1 fully saturated rings. The molecule has 2 atom stereocenters. The van der Waals surface area contributed by atoms with E-state index in [-0.39, 0.29) is 29.5 Å². The average Bonchev–Trinajstić information content (AvgIpc) is 2.75. The predicted molar refractivity (Wildman–Crippen MR) is 109 cm³/mol. The molecule has 0 aliphatic carbocycles. The monoisotopic (exact) mass is 432 g/mol. The fraction of sp³-hybridized carbons (Fsp3) is 0.333. The van der Waals surface area contributed by atoms with Crippen molar-refractivity contribution in [3.63, 3.8) is 0 Å². The lowest BCUT2D eigenvalue weighted by Crippen LogP contribution is -2.60. The Morgan fingerprint density at radius 2 is 2.16 bits per heavy atom. The van der Waals surface area contributed by atoms with E-state index in [1.165, 1.54) is 12.1 Å². The first-order valence-corrected chi connectivity index (χ1v) is 9.50. The molecule has 0 unspecified atom stereocenters. The van der Waals surface area contributed by atoms with E-state index >= 15 is 0 Å². The van der Waals surface area contributed by atoms with E-state index in [1.54, 1.807) is 24.4 Å². The summed E-state index contributed by atoms with van der Waals surface area (Å²) in [5.41, 5.74) is 0.186. The van der Waals surface area contributed by atoms with Crippen molar-refractivity contribution in [2.75, 3.05) is 13.5 Å². The first-order valence-electron chi connectivity index (χ1n) is 11.0. The van der Waals surface area contributed by atoms with Crippen LogP contribution < -0.4 is 15.6 Å². The first kappa shape index (κ1) is 17.3. The van der Waals surface area contributed by atoms with Crippen LogP contribution in [0.5, 0.6) is 5.75 Å². The number of fused-ring (bicyclic) bond motifs is 1. The van der Waals surface area contributed by atoms with Crippen molar-refractivity contribution in [1.29, 1.82) is 0 Å². The van der Waals surface area contributed by atoms with Crippen LogP contribution in [0.2, 0.25) is 0 Å². The molecule has 1 aliphatic heterocycles. The van der Waals surface area contributed by atoms with Gasteiger partial charge >= 0.3 is 0 Å². The Morgan fingerprint density at radius 3 is 2.87 bits per heavy atom. The maximum Gasteiger partial charge on any atom is 0.269 e. The molecule has 0 radical (unpaired) electrons. The van der Waals surface area contributed by atoms with Crippen LogP contribution >= 0.6 is 0 Å². The molecule has 1 aliphatic rings. The van der Waals surface area contributed by atoms with Gasteiger partial charge in [0, 0.05) is 35.8 Å². The number of aromatic amines is 1. The van der Waals surface area contributed by atoms with Crippen molar-refractivity contribution in [2.24, 2.45) is 0 Å². The van der Waals surface area contributed by atoms with Crippen LogP contribution in [0.4, 0.5) is 8.78 Å². The summed E-state index contributed by atoms with van der Waals surface area (Å²) in [5, 5.41) is 1.73. The van der Waals surface area contributed by atoms with Gasteiger partial charge in [-0.15, -0.1) is 0 Å². The van der Waals surface area contributed by atoms with Crippen LogP contribution in [0.25, 0.3) is 11.0 Å². The normalized spacial score (nSPS) is 20.5. The van der Waals surface area contributed by atoms with Gasteiger partial charge in [0.2, 0.25) is 0 Å². The lowest BCUT2D eigenvalue weighted by Gasteiger charge is -2.45. The highest BCUT2D eigenvalue weighted by Crippen LogP contribution is 2.28. The quantitative estimate of drug-likeness (QED) is 0.598. The van der Waals surface area contributed by atoms with Gasteiger partial charge < -0.3 is 15.0 Å². The standard InChI is InChI=1S/C21H21F2N5O3/c1-10-20(29)27-18-13(25-10)5-4-12(17(18)22)8-28-9-16(11(28)2)31-15-7-6-14(21(30)24-3)26-19(15)23/h4-7,11,16H,8-9H2,1-3H3,(H,24,30)(H,27,29)/t11-,16+/m1/s1/i3D3. The molecule has 0 bridgehead atoms. The number of carbonyl (C=O) groups is 1. The third kappa shape index (κ3) is 3.86. The number of pyridine rings is 1. The van der Waals surface area contributed by atoms with Gasteiger partial charge in [-0.3, -0.25) is 14.5 Å². The summed E-state index contributed by atoms with van der Waals surface area (Å²) >= 11 is 0. The van der Waals surface area contributed by atoms with E-state index < -0.39 is 42.0 Å². The highest BCUT2D eigenvalue weighted by Gasteiger charge is 2.38. The summed E-state index contributed by atoms with van der Waals surface area (Å²) in [5.74, 6) is -2.81. The van der Waals surface area contributed by atoms with Crippen molar-refractivity contribution in [1.82, 2.24) is 25.2 Å². The number of amides is 1. The number of H-pyrrole nitrogens is 1.